The van der Waals surface area contributed by atoms with E-state index < -0.39 is 0 Å². The van der Waals surface area contributed by atoms with Crippen LogP contribution in [0.2, 0.25) is 0 Å². The number of ether oxygens (including phenoxy) is 2. The van der Waals surface area contributed by atoms with Crippen molar-refractivity contribution in [2.45, 2.75) is 19.9 Å². The van der Waals surface area contributed by atoms with Crippen molar-refractivity contribution in [1.82, 2.24) is 14.5 Å². The number of rotatable bonds is 4. The smallest absolute Gasteiger partial charge is 0.231 e. The maximum absolute atomic E-state index is 5.45. The van der Waals surface area contributed by atoms with E-state index in [-0.39, 0.29) is 0 Å². The fourth-order valence-electron chi connectivity index (χ4n) is 3.38. The molecule has 4 heterocycles. The maximum Gasteiger partial charge on any atom is 0.231 e. The minimum Gasteiger partial charge on any atom is -0.454 e. The summed E-state index contributed by atoms with van der Waals surface area (Å²) in [5.74, 6) is 3.45. The van der Waals surface area contributed by atoms with E-state index in [0.29, 0.717) is 12.7 Å². The van der Waals surface area contributed by atoms with Crippen LogP contribution in [0.4, 0.5) is 5.13 Å². The van der Waals surface area contributed by atoms with Crippen LogP contribution in [0.25, 0.3) is 10.2 Å². The lowest BCUT2D eigenvalue weighted by atomic mass is 10.0. The molecule has 0 bridgehead atoms. The van der Waals surface area contributed by atoms with E-state index in [1.54, 1.807) is 11.3 Å². The van der Waals surface area contributed by atoms with Crippen molar-refractivity contribution in [1.29, 1.82) is 0 Å². The normalized spacial score (nSPS) is 16.8. The number of nitrogens with zero attached hydrogens (tertiary/aromatic N) is 4. The SMILES string of the molecule is CCc1nccn1CC1CN(c2nc3cc4c(cc3s2)OCO4)C1. The Kier molecular flexibility index (Phi) is 3.16. The van der Waals surface area contributed by atoms with Gasteiger partial charge in [-0.2, -0.15) is 0 Å². The summed E-state index contributed by atoms with van der Waals surface area (Å²) in [7, 11) is 0. The number of imidazole rings is 1. The monoisotopic (exact) mass is 342 g/mol. The van der Waals surface area contributed by atoms with E-state index in [4.69, 9.17) is 14.5 Å². The van der Waals surface area contributed by atoms with Crippen LogP contribution in [0.5, 0.6) is 11.5 Å². The van der Waals surface area contributed by atoms with Gasteiger partial charge in [-0.3, -0.25) is 0 Å². The molecule has 124 valence electrons. The molecule has 0 radical (unpaired) electrons. The molecule has 0 amide bonds. The zero-order chi connectivity index (χ0) is 16.1. The second-order valence-electron chi connectivity index (χ2n) is 6.29. The van der Waals surface area contributed by atoms with Crippen LogP contribution in [0.15, 0.2) is 24.5 Å². The Balaban J connectivity index is 1.30. The second kappa shape index (κ2) is 5.37. The molecule has 1 aromatic carbocycles. The van der Waals surface area contributed by atoms with Crippen LogP contribution in [-0.4, -0.2) is 34.4 Å². The molecule has 2 aliphatic rings. The lowest BCUT2D eigenvalue weighted by molar-refractivity contribution is 0.174. The van der Waals surface area contributed by atoms with Crippen molar-refractivity contribution >= 4 is 26.7 Å². The molecule has 0 atom stereocenters. The van der Waals surface area contributed by atoms with Crippen molar-refractivity contribution in [2.24, 2.45) is 5.92 Å². The number of anilines is 1. The summed E-state index contributed by atoms with van der Waals surface area (Å²) in [6, 6.07) is 4.02. The van der Waals surface area contributed by atoms with E-state index in [0.717, 1.165) is 52.9 Å². The summed E-state index contributed by atoms with van der Waals surface area (Å²) >= 11 is 1.72. The van der Waals surface area contributed by atoms with E-state index in [1.807, 2.05) is 18.3 Å². The van der Waals surface area contributed by atoms with Crippen LogP contribution >= 0.6 is 11.3 Å². The molecular formula is C17H18N4O2S. The number of aryl methyl sites for hydroxylation is 1. The summed E-state index contributed by atoms with van der Waals surface area (Å²) in [6.45, 7) is 5.60. The summed E-state index contributed by atoms with van der Waals surface area (Å²) in [4.78, 5) is 11.5. The number of thiazole rings is 1. The Morgan fingerprint density at radius 2 is 2.08 bits per heavy atom. The van der Waals surface area contributed by atoms with Gasteiger partial charge in [0.25, 0.3) is 0 Å². The van der Waals surface area contributed by atoms with Gasteiger partial charge in [0.05, 0.1) is 10.2 Å². The molecular weight excluding hydrogens is 324 g/mol. The van der Waals surface area contributed by atoms with Crippen molar-refractivity contribution in [3.05, 3.63) is 30.4 Å². The minimum atomic E-state index is 0.307. The summed E-state index contributed by atoms with van der Waals surface area (Å²) in [5.41, 5.74) is 0.991. The fraction of sp³-hybridized carbons (Fsp3) is 0.412. The molecule has 0 unspecified atom stereocenters. The van der Waals surface area contributed by atoms with Gasteiger partial charge in [-0.1, -0.05) is 18.3 Å². The topological polar surface area (TPSA) is 52.4 Å². The molecule has 0 spiro atoms. The highest BCUT2D eigenvalue weighted by molar-refractivity contribution is 7.22. The van der Waals surface area contributed by atoms with E-state index >= 15 is 0 Å². The molecule has 6 nitrogen and oxygen atoms in total. The summed E-state index contributed by atoms with van der Waals surface area (Å²) in [5, 5.41) is 1.09. The molecule has 3 aromatic rings. The summed E-state index contributed by atoms with van der Waals surface area (Å²) in [6.07, 6.45) is 4.96. The molecule has 2 aliphatic heterocycles. The number of benzene rings is 1. The molecule has 7 heteroatoms. The third-order valence-corrected chi connectivity index (χ3v) is 5.75. The van der Waals surface area contributed by atoms with Gasteiger partial charge < -0.3 is 18.9 Å². The Bertz CT molecular complexity index is 856. The second-order valence-corrected chi connectivity index (χ2v) is 7.30. The molecule has 0 saturated carbocycles. The number of hydrogen-bond donors (Lipinski definition) is 0. The molecule has 1 saturated heterocycles. The number of fused-ring (bicyclic) bond motifs is 2. The first-order chi connectivity index (χ1) is 11.8. The zero-order valence-electron chi connectivity index (χ0n) is 13.4. The quantitative estimate of drug-likeness (QED) is 0.730. The van der Waals surface area contributed by atoms with E-state index in [2.05, 4.69) is 27.6 Å². The highest BCUT2D eigenvalue weighted by atomic mass is 32.1. The van der Waals surface area contributed by atoms with Gasteiger partial charge in [0, 0.05) is 56.5 Å². The van der Waals surface area contributed by atoms with Gasteiger partial charge in [-0.25, -0.2) is 9.97 Å². The standard InChI is InChI=1S/C17H18N4O2S/c1-2-16-18-3-4-20(16)7-11-8-21(9-11)17-19-12-5-13-14(23-10-22-13)6-15(12)24-17/h3-6,11H,2,7-10H2,1H3. The highest BCUT2D eigenvalue weighted by Gasteiger charge is 2.30. The molecule has 0 N–H and O–H groups in total. The third-order valence-electron chi connectivity index (χ3n) is 4.67. The Morgan fingerprint density at radius 1 is 1.25 bits per heavy atom. The minimum absolute atomic E-state index is 0.307. The highest BCUT2D eigenvalue weighted by Crippen LogP contribution is 2.40. The van der Waals surface area contributed by atoms with Gasteiger partial charge in [0.1, 0.15) is 5.82 Å². The van der Waals surface area contributed by atoms with E-state index in [9.17, 15) is 0 Å². The Morgan fingerprint density at radius 3 is 2.92 bits per heavy atom. The average Bonchev–Trinajstić information content (AvgIpc) is 3.25. The van der Waals surface area contributed by atoms with Gasteiger partial charge in [-0.15, -0.1) is 0 Å². The number of hydrogen-bond acceptors (Lipinski definition) is 6. The lowest BCUT2D eigenvalue weighted by Crippen LogP contribution is -2.48. The summed E-state index contributed by atoms with van der Waals surface area (Å²) < 4.78 is 14.3. The van der Waals surface area contributed by atoms with Gasteiger partial charge in [0.15, 0.2) is 16.6 Å². The van der Waals surface area contributed by atoms with Crippen molar-refractivity contribution in [3.63, 3.8) is 0 Å². The van der Waals surface area contributed by atoms with Gasteiger partial charge >= 0.3 is 0 Å². The maximum atomic E-state index is 5.45. The average molecular weight is 342 g/mol. The first kappa shape index (κ1) is 14.1. The van der Waals surface area contributed by atoms with Gasteiger partial charge in [-0.05, 0) is 0 Å². The first-order valence-corrected chi connectivity index (χ1v) is 9.07. The Labute approximate surface area is 143 Å². The van der Waals surface area contributed by atoms with Crippen molar-refractivity contribution < 1.29 is 9.47 Å². The van der Waals surface area contributed by atoms with Crippen LogP contribution < -0.4 is 14.4 Å². The Hall–Kier alpha value is -2.28. The van der Waals surface area contributed by atoms with Crippen LogP contribution in [0, 0.1) is 5.92 Å². The van der Waals surface area contributed by atoms with Crippen molar-refractivity contribution in [2.75, 3.05) is 24.8 Å². The van der Waals surface area contributed by atoms with E-state index in [1.165, 1.54) is 5.82 Å². The molecule has 2 aromatic heterocycles. The molecule has 24 heavy (non-hydrogen) atoms. The zero-order valence-corrected chi connectivity index (χ0v) is 14.3. The lowest BCUT2D eigenvalue weighted by Gasteiger charge is -2.39. The van der Waals surface area contributed by atoms with Crippen LogP contribution in [-0.2, 0) is 13.0 Å². The van der Waals surface area contributed by atoms with Crippen LogP contribution in [0.3, 0.4) is 0 Å². The number of aromatic nitrogens is 3. The van der Waals surface area contributed by atoms with Crippen molar-refractivity contribution in [3.8, 4) is 11.5 Å². The first-order valence-electron chi connectivity index (χ1n) is 8.25. The predicted octanol–water partition coefficient (Wildman–Crippen LogP) is 2.92. The molecule has 1 fully saturated rings. The predicted molar refractivity (Wildman–Crippen MR) is 93.1 cm³/mol. The molecule has 5 rings (SSSR count). The third kappa shape index (κ3) is 2.23. The molecule has 0 aliphatic carbocycles. The van der Waals surface area contributed by atoms with Gasteiger partial charge in [0.2, 0.25) is 6.79 Å². The largest absolute Gasteiger partial charge is 0.454 e. The fourth-order valence-corrected chi connectivity index (χ4v) is 4.38. The van der Waals surface area contributed by atoms with Crippen LogP contribution in [0.1, 0.15) is 12.7 Å².